The molecule has 0 spiro atoms. The van der Waals surface area contributed by atoms with E-state index in [4.69, 9.17) is 0 Å². The van der Waals surface area contributed by atoms with E-state index in [1.807, 2.05) is 30.4 Å². The van der Waals surface area contributed by atoms with Crippen LogP contribution in [0.25, 0.3) is 5.78 Å². The van der Waals surface area contributed by atoms with Crippen LogP contribution in [0.5, 0.6) is 0 Å². The minimum atomic E-state index is 0.0282. The Labute approximate surface area is 164 Å². The molecule has 1 aliphatic rings. The van der Waals surface area contributed by atoms with Gasteiger partial charge in [-0.15, -0.1) is 0 Å². The predicted molar refractivity (Wildman–Crippen MR) is 105 cm³/mol. The van der Waals surface area contributed by atoms with Gasteiger partial charge in [-0.2, -0.15) is 19.7 Å². The van der Waals surface area contributed by atoms with E-state index in [0.29, 0.717) is 17.3 Å². The molecule has 9 heteroatoms. The van der Waals surface area contributed by atoms with Crippen LogP contribution in [-0.2, 0) is 7.05 Å². The van der Waals surface area contributed by atoms with Gasteiger partial charge in [0.25, 0.3) is 11.7 Å². The maximum absolute atomic E-state index is 12.6. The van der Waals surface area contributed by atoms with E-state index in [1.165, 1.54) is 0 Å². The molecule has 1 amide bonds. The van der Waals surface area contributed by atoms with Gasteiger partial charge in [0.1, 0.15) is 12.1 Å². The van der Waals surface area contributed by atoms with Crippen molar-refractivity contribution >= 4 is 17.5 Å². The van der Waals surface area contributed by atoms with E-state index >= 15 is 0 Å². The molecule has 148 valence electrons. The Morgan fingerprint density at radius 1 is 1.25 bits per heavy atom. The van der Waals surface area contributed by atoms with Crippen molar-refractivity contribution in [1.29, 1.82) is 0 Å². The standard InChI is InChI=1S/C19H26N8O/c1-13-14(2)23-19-20-12-22-27(19)17(13)26-7-5-15(6-8-26)10-24(3)18(28)16-9-21-25(4)11-16/h9,11-12,15H,5-8,10H2,1-4H3. The lowest BCUT2D eigenvalue weighted by atomic mass is 9.96. The van der Waals surface area contributed by atoms with Crippen LogP contribution in [0, 0.1) is 19.8 Å². The van der Waals surface area contributed by atoms with E-state index in [9.17, 15) is 4.79 Å². The van der Waals surface area contributed by atoms with Crippen molar-refractivity contribution in [3.63, 3.8) is 0 Å². The molecule has 0 unspecified atom stereocenters. The van der Waals surface area contributed by atoms with Crippen molar-refractivity contribution in [1.82, 2.24) is 34.3 Å². The van der Waals surface area contributed by atoms with Crippen molar-refractivity contribution in [3.8, 4) is 0 Å². The maximum atomic E-state index is 12.6. The average Bonchev–Trinajstić information content (AvgIpc) is 3.31. The summed E-state index contributed by atoms with van der Waals surface area (Å²) in [5, 5.41) is 8.45. The third-order valence-electron chi connectivity index (χ3n) is 5.62. The number of anilines is 1. The Kier molecular flexibility index (Phi) is 4.74. The van der Waals surface area contributed by atoms with Gasteiger partial charge in [0, 0.05) is 51.2 Å². The summed E-state index contributed by atoms with van der Waals surface area (Å²) in [4.78, 5) is 25.5. The normalized spacial score (nSPS) is 15.4. The molecular formula is C19H26N8O. The minimum absolute atomic E-state index is 0.0282. The molecule has 1 fully saturated rings. The number of rotatable bonds is 4. The smallest absolute Gasteiger partial charge is 0.256 e. The minimum Gasteiger partial charge on any atom is -0.356 e. The second-order valence-electron chi connectivity index (χ2n) is 7.64. The summed E-state index contributed by atoms with van der Waals surface area (Å²) in [6.07, 6.45) is 7.00. The molecule has 0 saturated carbocycles. The zero-order valence-corrected chi connectivity index (χ0v) is 16.8. The van der Waals surface area contributed by atoms with Crippen LogP contribution in [0.4, 0.5) is 5.82 Å². The summed E-state index contributed by atoms with van der Waals surface area (Å²) >= 11 is 0. The number of aromatic nitrogens is 6. The fraction of sp³-hybridized carbons (Fsp3) is 0.526. The highest BCUT2D eigenvalue weighted by Gasteiger charge is 2.26. The highest BCUT2D eigenvalue weighted by molar-refractivity contribution is 5.93. The van der Waals surface area contributed by atoms with Crippen LogP contribution in [0.1, 0.15) is 34.5 Å². The van der Waals surface area contributed by atoms with E-state index in [0.717, 1.165) is 49.6 Å². The van der Waals surface area contributed by atoms with Gasteiger partial charge in [-0.1, -0.05) is 0 Å². The van der Waals surface area contributed by atoms with Crippen molar-refractivity contribution < 1.29 is 4.79 Å². The van der Waals surface area contributed by atoms with E-state index < -0.39 is 0 Å². The molecule has 4 heterocycles. The molecule has 3 aromatic heterocycles. The largest absolute Gasteiger partial charge is 0.356 e. The number of fused-ring (bicyclic) bond motifs is 1. The SMILES string of the molecule is Cc1nc2ncnn2c(N2CCC(CN(C)C(=O)c3cnn(C)c3)CC2)c1C. The van der Waals surface area contributed by atoms with Gasteiger partial charge in [0.15, 0.2) is 0 Å². The molecule has 4 rings (SSSR count). The number of hydrogen-bond donors (Lipinski definition) is 0. The van der Waals surface area contributed by atoms with Crippen molar-refractivity contribution in [2.24, 2.45) is 13.0 Å². The Bertz CT molecular complexity index is 999. The first-order chi connectivity index (χ1) is 13.4. The quantitative estimate of drug-likeness (QED) is 0.679. The predicted octanol–water partition coefficient (Wildman–Crippen LogP) is 1.46. The first-order valence-corrected chi connectivity index (χ1v) is 9.60. The van der Waals surface area contributed by atoms with Gasteiger partial charge in [-0.25, -0.2) is 4.98 Å². The molecule has 0 aromatic carbocycles. The van der Waals surface area contributed by atoms with Crippen LogP contribution in [-0.4, -0.2) is 66.9 Å². The number of aryl methyl sites for hydroxylation is 2. The topological polar surface area (TPSA) is 84.4 Å². The Morgan fingerprint density at radius 3 is 2.68 bits per heavy atom. The lowest BCUT2D eigenvalue weighted by Gasteiger charge is -2.35. The zero-order chi connectivity index (χ0) is 19.8. The molecule has 28 heavy (non-hydrogen) atoms. The first-order valence-electron chi connectivity index (χ1n) is 9.60. The third-order valence-corrected chi connectivity index (χ3v) is 5.62. The Morgan fingerprint density at radius 2 is 2.00 bits per heavy atom. The average molecular weight is 382 g/mol. The second kappa shape index (κ2) is 7.21. The van der Waals surface area contributed by atoms with Crippen LogP contribution in [0.2, 0.25) is 0 Å². The molecule has 1 saturated heterocycles. The van der Waals surface area contributed by atoms with E-state index in [2.05, 4.69) is 32.0 Å². The molecule has 1 aliphatic heterocycles. The summed E-state index contributed by atoms with van der Waals surface area (Å²) < 4.78 is 3.49. The monoisotopic (exact) mass is 382 g/mol. The van der Waals surface area contributed by atoms with Crippen LogP contribution in [0.15, 0.2) is 18.7 Å². The third kappa shape index (κ3) is 3.32. The summed E-state index contributed by atoms with van der Waals surface area (Å²) in [7, 11) is 3.69. The molecule has 0 atom stereocenters. The number of hydrogen-bond acceptors (Lipinski definition) is 6. The number of amides is 1. The lowest BCUT2D eigenvalue weighted by Crippen LogP contribution is -2.40. The molecule has 0 aliphatic carbocycles. The van der Waals surface area contributed by atoms with Crippen LogP contribution < -0.4 is 4.90 Å². The number of carbonyl (C=O) groups is 1. The highest BCUT2D eigenvalue weighted by Crippen LogP contribution is 2.27. The van der Waals surface area contributed by atoms with Crippen LogP contribution in [0.3, 0.4) is 0 Å². The summed E-state index contributed by atoms with van der Waals surface area (Å²) in [6.45, 7) is 6.72. The molecule has 9 nitrogen and oxygen atoms in total. The highest BCUT2D eigenvalue weighted by atomic mass is 16.2. The summed E-state index contributed by atoms with van der Waals surface area (Å²) in [5.41, 5.74) is 2.76. The van der Waals surface area contributed by atoms with Gasteiger partial charge in [-0.3, -0.25) is 9.48 Å². The summed E-state index contributed by atoms with van der Waals surface area (Å²) in [5.74, 6) is 2.23. The number of piperidine rings is 1. The molecule has 0 N–H and O–H groups in total. The Balaban J connectivity index is 1.42. The van der Waals surface area contributed by atoms with E-state index in [1.54, 1.807) is 23.4 Å². The van der Waals surface area contributed by atoms with Gasteiger partial charge >= 0.3 is 0 Å². The maximum Gasteiger partial charge on any atom is 0.256 e. The fourth-order valence-electron chi connectivity index (χ4n) is 3.94. The van der Waals surface area contributed by atoms with Crippen molar-refractivity contribution in [2.45, 2.75) is 26.7 Å². The molecular weight excluding hydrogens is 356 g/mol. The van der Waals surface area contributed by atoms with Gasteiger partial charge < -0.3 is 9.80 Å². The van der Waals surface area contributed by atoms with Gasteiger partial charge in [-0.05, 0) is 32.6 Å². The van der Waals surface area contributed by atoms with Gasteiger partial charge in [0.2, 0.25) is 0 Å². The van der Waals surface area contributed by atoms with Crippen LogP contribution >= 0.6 is 0 Å². The van der Waals surface area contributed by atoms with E-state index in [-0.39, 0.29) is 5.91 Å². The van der Waals surface area contributed by atoms with Crippen molar-refractivity contribution in [2.75, 3.05) is 31.6 Å². The van der Waals surface area contributed by atoms with Crippen molar-refractivity contribution in [3.05, 3.63) is 35.5 Å². The zero-order valence-electron chi connectivity index (χ0n) is 16.8. The number of nitrogens with zero attached hydrogens (tertiary/aromatic N) is 8. The first kappa shape index (κ1) is 18.4. The molecule has 3 aromatic rings. The fourth-order valence-corrected chi connectivity index (χ4v) is 3.94. The molecule has 0 bridgehead atoms. The lowest BCUT2D eigenvalue weighted by molar-refractivity contribution is 0.0765. The second-order valence-corrected chi connectivity index (χ2v) is 7.64. The summed E-state index contributed by atoms with van der Waals surface area (Å²) in [6, 6.07) is 0. The van der Waals surface area contributed by atoms with Gasteiger partial charge in [0.05, 0.1) is 11.8 Å². The molecule has 0 radical (unpaired) electrons. The Hall–Kier alpha value is -2.97. The number of carbonyl (C=O) groups excluding carboxylic acids is 1.